The largest absolute Gasteiger partial charge is 0.497 e. The fourth-order valence-corrected chi connectivity index (χ4v) is 2.54. The highest BCUT2D eigenvalue weighted by Gasteiger charge is 2.10. The van der Waals surface area contributed by atoms with Gasteiger partial charge in [-0.1, -0.05) is 24.3 Å². The van der Waals surface area contributed by atoms with Crippen molar-refractivity contribution in [1.29, 1.82) is 0 Å². The fraction of sp³-hybridized carbons (Fsp3) is 0.105. The first-order chi connectivity index (χ1) is 12.5. The van der Waals surface area contributed by atoms with Crippen molar-refractivity contribution >= 4 is 28.5 Å². The van der Waals surface area contributed by atoms with Gasteiger partial charge in [0.05, 0.1) is 14.2 Å². The van der Waals surface area contributed by atoms with Gasteiger partial charge < -0.3 is 19.5 Å². The van der Waals surface area contributed by atoms with Crippen LogP contribution in [0.15, 0.2) is 71.5 Å². The summed E-state index contributed by atoms with van der Waals surface area (Å²) in [5, 5.41) is 17.5. The van der Waals surface area contributed by atoms with Crippen LogP contribution in [0.5, 0.6) is 11.5 Å². The highest BCUT2D eigenvalue weighted by molar-refractivity contribution is 9.10. The van der Waals surface area contributed by atoms with Crippen LogP contribution < -0.4 is 14.9 Å². The highest BCUT2D eigenvalue weighted by Crippen LogP contribution is 2.24. The Labute approximate surface area is 161 Å². The Bertz CT molecular complexity index is 845. The van der Waals surface area contributed by atoms with E-state index in [0.717, 1.165) is 21.3 Å². The van der Waals surface area contributed by atoms with Gasteiger partial charge in [0.2, 0.25) is 0 Å². The lowest BCUT2D eigenvalue weighted by molar-refractivity contribution is 0.412. The Morgan fingerprint density at radius 3 is 2.12 bits per heavy atom. The summed E-state index contributed by atoms with van der Waals surface area (Å²) in [4.78, 5) is 4.13. The minimum Gasteiger partial charge on any atom is -0.497 e. The highest BCUT2D eigenvalue weighted by atomic mass is 79.9. The van der Waals surface area contributed by atoms with E-state index in [-0.39, 0.29) is 0 Å². The van der Waals surface area contributed by atoms with Crippen LogP contribution in [-0.2, 0) is 0 Å². The molecule has 134 valence electrons. The van der Waals surface area contributed by atoms with E-state index >= 15 is 0 Å². The quantitative estimate of drug-likeness (QED) is 0.641. The Morgan fingerprint density at radius 1 is 0.846 bits per heavy atom. The number of pyridine rings is 1. The van der Waals surface area contributed by atoms with E-state index in [2.05, 4.69) is 20.9 Å². The third-order valence-corrected chi connectivity index (χ3v) is 3.93. The molecule has 0 fully saturated rings. The van der Waals surface area contributed by atoms with Crippen LogP contribution in [0.25, 0.3) is 11.1 Å². The number of hydrogen-bond acceptors (Lipinski definition) is 5. The molecule has 0 unspecified atom stereocenters. The molecule has 0 amide bonds. The van der Waals surface area contributed by atoms with Gasteiger partial charge in [0.25, 0.3) is 0 Å². The van der Waals surface area contributed by atoms with E-state index in [9.17, 15) is 0 Å². The molecular weight excluding hydrogens is 397 g/mol. The van der Waals surface area contributed by atoms with E-state index in [4.69, 9.17) is 19.5 Å². The number of ether oxygens (including phenoxy) is 2. The maximum absolute atomic E-state index is 8.74. The van der Waals surface area contributed by atoms with Crippen molar-refractivity contribution < 1.29 is 19.5 Å². The summed E-state index contributed by atoms with van der Waals surface area (Å²) in [6.45, 7) is 0. The van der Waals surface area contributed by atoms with Crippen LogP contribution >= 0.6 is 15.9 Å². The van der Waals surface area contributed by atoms with Crippen molar-refractivity contribution in [1.82, 2.24) is 4.98 Å². The number of nitrogens with zero attached hydrogens (tertiary/aromatic N) is 1. The van der Waals surface area contributed by atoms with Gasteiger partial charge in [-0.2, -0.15) is 0 Å². The topological polar surface area (TPSA) is 71.8 Å². The molecule has 0 radical (unpaired) electrons. The zero-order chi connectivity index (χ0) is 18.9. The number of aromatic nitrogens is 1. The van der Waals surface area contributed by atoms with Gasteiger partial charge in [0, 0.05) is 22.4 Å². The van der Waals surface area contributed by atoms with E-state index in [1.807, 2.05) is 36.5 Å². The molecule has 1 aromatic heterocycles. The molecule has 0 saturated carbocycles. The van der Waals surface area contributed by atoms with Crippen molar-refractivity contribution in [2.24, 2.45) is 0 Å². The van der Waals surface area contributed by atoms with Crippen LogP contribution in [0.1, 0.15) is 0 Å². The number of benzene rings is 2. The predicted octanol–water partition coefficient (Wildman–Crippen LogP) is 2.89. The first kappa shape index (κ1) is 20.0. The molecule has 3 aromatic rings. The smallest absolute Gasteiger partial charge is 0.488 e. The normalized spacial score (nSPS) is 9.73. The van der Waals surface area contributed by atoms with E-state index in [1.165, 1.54) is 7.11 Å². The van der Waals surface area contributed by atoms with Gasteiger partial charge in [0.15, 0.2) is 0 Å². The maximum atomic E-state index is 8.74. The molecule has 0 aliphatic heterocycles. The average Bonchev–Trinajstić information content (AvgIpc) is 2.68. The number of hydrogen-bond donors (Lipinski definition) is 2. The monoisotopic (exact) mass is 415 g/mol. The van der Waals surface area contributed by atoms with Crippen molar-refractivity contribution in [3.05, 3.63) is 71.5 Å². The summed E-state index contributed by atoms with van der Waals surface area (Å²) in [5.41, 5.74) is 2.61. The van der Waals surface area contributed by atoms with Crippen LogP contribution in [0.3, 0.4) is 0 Å². The minimum atomic E-state index is -1.43. The number of methoxy groups -OCH3 is 2. The van der Waals surface area contributed by atoms with E-state index < -0.39 is 7.12 Å². The summed E-state index contributed by atoms with van der Waals surface area (Å²) in [7, 11) is 1.77. The number of halogens is 1. The van der Waals surface area contributed by atoms with Crippen LogP contribution in [0, 0.1) is 0 Å². The average molecular weight is 416 g/mol. The van der Waals surface area contributed by atoms with Gasteiger partial charge in [0.1, 0.15) is 11.5 Å². The zero-order valence-electron chi connectivity index (χ0n) is 14.5. The van der Waals surface area contributed by atoms with E-state index in [1.54, 1.807) is 37.6 Å². The summed E-state index contributed by atoms with van der Waals surface area (Å²) < 4.78 is 11.0. The van der Waals surface area contributed by atoms with Gasteiger partial charge >= 0.3 is 7.12 Å². The van der Waals surface area contributed by atoms with Crippen molar-refractivity contribution in [3.8, 4) is 22.6 Å². The fourth-order valence-electron chi connectivity index (χ4n) is 2.17. The molecule has 2 aromatic carbocycles. The Morgan fingerprint density at radius 2 is 1.50 bits per heavy atom. The van der Waals surface area contributed by atoms with Crippen molar-refractivity contribution in [2.75, 3.05) is 14.2 Å². The van der Waals surface area contributed by atoms with Crippen LogP contribution in [0.4, 0.5) is 0 Å². The molecular formula is C19H19BBrNO4. The third-order valence-electron chi connectivity index (χ3n) is 3.50. The SMILES string of the molecule is COc1cccc(-c2cncc(Br)c2)c1.COc1cccc(B(O)O)c1. The minimum absolute atomic E-state index is 0.435. The van der Waals surface area contributed by atoms with Gasteiger partial charge in [-0.15, -0.1) is 0 Å². The molecule has 1 heterocycles. The van der Waals surface area contributed by atoms with E-state index in [0.29, 0.717) is 11.2 Å². The second kappa shape index (κ2) is 9.96. The Kier molecular flexibility index (Phi) is 7.65. The van der Waals surface area contributed by atoms with Crippen molar-refractivity contribution in [3.63, 3.8) is 0 Å². The summed E-state index contributed by atoms with van der Waals surface area (Å²) >= 11 is 3.40. The Balaban J connectivity index is 0.000000197. The Hall–Kier alpha value is -2.35. The molecule has 0 bridgehead atoms. The van der Waals surface area contributed by atoms with Crippen molar-refractivity contribution in [2.45, 2.75) is 0 Å². The molecule has 0 aliphatic rings. The van der Waals surface area contributed by atoms with Crippen LogP contribution in [0.2, 0.25) is 0 Å². The molecule has 5 nitrogen and oxygen atoms in total. The van der Waals surface area contributed by atoms with Gasteiger partial charge in [-0.05, 0) is 57.3 Å². The second-order valence-corrected chi connectivity index (χ2v) is 6.19. The third kappa shape index (κ3) is 5.88. The van der Waals surface area contributed by atoms with Crippen LogP contribution in [-0.4, -0.2) is 36.4 Å². The number of rotatable bonds is 4. The first-order valence-electron chi connectivity index (χ1n) is 7.78. The summed E-state index contributed by atoms with van der Waals surface area (Å²) in [6, 6.07) is 16.6. The zero-order valence-corrected chi connectivity index (χ0v) is 16.1. The molecule has 0 atom stereocenters. The lowest BCUT2D eigenvalue weighted by Gasteiger charge is -2.04. The molecule has 3 rings (SSSR count). The predicted molar refractivity (Wildman–Crippen MR) is 107 cm³/mol. The molecule has 0 saturated heterocycles. The lowest BCUT2D eigenvalue weighted by atomic mass is 9.80. The maximum Gasteiger partial charge on any atom is 0.488 e. The molecule has 0 aliphatic carbocycles. The lowest BCUT2D eigenvalue weighted by Crippen LogP contribution is -2.29. The molecule has 26 heavy (non-hydrogen) atoms. The molecule has 7 heteroatoms. The standard InChI is InChI=1S/C12H10BrNO.C7H9BO3/c1-15-12-4-2-3-9(6-12)10-5-11(13)8-14-7-10;1-11-7-4-2-3-6(5-7)8(9)10/h2-8H,1H3;2-5,9-10H,1H3. The van der Waals surface area contributed by atoms with Gasteiger partial charge in [-0.3, -0.25) is 4.98 Å². The molecule has 0 spiro atoms. The second-order valence-electron chi connectivity index (χ2n) is 5.27. The van der Waals surface area contributed by atoms with Gasteiger partial charge in [-0.25, -0.2) is 0 Å². The molecule has 2 N–H and O–H groups in total. The first-order valence-corrected chi connectivity index (χ1v) is 8.58. The summed E-state index contributed by atoms with van der Waals surface area (Å²) in [6.07, 6.45) is 3.60. The summed E-state index contributed by atoms with van der Waals surface area (Å²) in [5.74, 6) is 1.48.